The molecule has 0 spiro atoms. The molecule has 0 N–H and O–H groups in total. The zero-order valence-corrected chi connectivity index (χ0v) is 24.1. The van der Waals surface area contributed by atoms with E-state index in [1.807, 2.05) is 13.8 Å². The van der Waals surface area contributed by atoms with Gasteiger partial charge < -0.3 is 9.16 Å². The number of carbonyl (C=O) groups is 1. The van der Waals surface area contributed by atoms with Gasteiger partial charge in [-0.25, -0.2) is 13.6 Å². The minimum absolute atomic E-state index is 0.0437. The first-order chi connectivity index (χ1) is 15.8. The van der Waals surface area contributed by atoms with Crippen molar-refractivity contribution < 1.29 is 22.7 Å². The molecule has 6 heteroatoms. The molecule has 3 nitrogen and oxygen atoms in total. The fourth-order valence-electron chi connectivity index (χ4n) is 7.00. The maximum Gasteiger partial charge on any atom is 0.330 e. The lowest BCUT2D eigenvalue weighted by atomic mass is 9.60. The van der Waals surface area contributed by atoms with Crippen LogP contribution in [0.3, 0.4) is 0 Å². The van der Waals surface area contributed by atoms with Gasteiger partial charge in [-0.3, -0.25) is 0 Å². The van der Waals surface area contributed by atoms with E-state index in [9.17, 15) is 4.79 Å². The van der Waals surface area contributed by atoms with Crippen LogP contribution in [0.15, 0.2) is 11.6 Å². The van der Waals surface area contributed by atoms with E-state index < -0.39 is 25.8 Å². The van der Waals surface area contributed by atoms with Crippen LogP contribution in [0.5, 0.6) is 0 Å². The molecule has 0 aliphatic heterocycles. The standard InChI is InChI=1S/C28H50F2O3Si/c1-9-32-25(31)20-22-14-13-17-27(8)23(15-16-24(22)27)21(5)28(29,30)19-18-26(6,7)33-34(10-2,11-3)12-4/h20-21,23-24H,9-19H2,1-8H3/t21-,23+,24-,27+/m0/s1. The van der Waals surface area contributed by atoms with Gasteiger partial charge in [0.2, 0.25) is 0 Å². The fourth-order valence-corrected chi connectivity index (χ4v) is 10.2. The fraction of sp³-hybridized carbons (Fsp3) is 0.893. The third-order valence-electron chi connectivity index (χ3n) is 9.38. The first-order valence-electron chi connectivity index (χ1n) is 13.7. The second-order valence-electron chi connectivity index (χ2n) is 11.7. The van der Waals surface area contributed by atoms with Crippen LogP contribution >= 0.6 is 0 Å². The molecule has 2 fully saturated rings. The Kier molecular flexibility index (Phi) is 10.00. The average molecular weight is 501 g/mol. The first kappa shape index (κ1) is 29.5. The molecule has 34 heavy (non-hydrogen) atoms. The van der Waals surface area contributed by atoms with Gasteiger partial charge >= 0.3 is 5.97 Å². The van der Waals surface area contributed by atoms with E-state index in [0.717, 1.165) is 55.8 Å². The number of fused-ring (bicyclic) bond motifs is 1. The van der Waals surface area contributed by atoms with Crippen LogP contribution in [0.4, 0.5) is 8.78 Å². The van der Waals surface area contributed by atoms with Gasteiger partial charge in [-0.05, 0) is 94.7 Å². The van der Waals surface area contributed by atoms with Gasteiger partial charge in [0.1, 0.15) is 0 Å². The van der Waals surface area contributed by atoms with Crippen LogP contribution in [0.2, 0.25) is 18.1 Å². The largest absolute Gasteiger partial charge is 0.463 e. The lowest BCUT2D eigenvalue weighted by Crippen LogP contribution is -2.46. The van der Waals surface area contributed by atoms with Crippen LogP contribution in [-0.2, 0) is 14.0 Å². The Morgan fingerprint density at radius 2 is 1.76 bits per heavy atom. The summed E-state index contributed by atoms with van der Waals surface area (Å²) in [5.74, 6) is -3.56. The molecule has 0 aromatic heterocycles. The van der Waals surface area contributed by atoms with Gasteiger partial charge in [-0.2, -0.15) is 0 Å². The SMILES string of the molecule is CCOC(=O)C=C1CCC[C@]2(C)[C@@H]([C@H](C)C(F)(F)CCC(C)(C)O[Si](CC)(CC)CC)CC[C@@H]12. The van der Waals surface area contributed by atoms with E-state index in [0.29, 0.717) is 13.0 Å². The molecule has 0 amide bonds. The average Bonchev–Trinajstić information content (AvgIpc) is 3.14. The van der Waals surface area contributed by atoms with Crippen molar-refractivity contribution in [3.63, 3.8) is 0 Å². The Morgan fingerprint density at radius 1 is 1.15 bits per heavy atom. The number of ether oxygens (including phenoxy) is 1. The highest BCUT2D eigenvalue weighted by Gasteiger charge is 2.55. The lowest BCUT2D eigenvalue weighted by molar-refractivity contribution is -0.137. The molecule has 2 rings (SSSR count). The lowest BCUT2D eigenvalue weighted by Gasteiger charge is -2.46. The molecule has 2 saturated carbocycles. The number of hydrogen-bond donors (Lipinski definition) is 0. The highest BCUT2D eigenvalue weighted by Crippen LogP contribution is 2.61. The van der Waals surface area contributed by atoms with E-state index >= 15 is 8.78 Å². The Hall–Kier alpha value is -0.753. The summed E-state index contributed by atoms with van der Waals surface area (Å²) in [6, 6.07) is 3.08. The van der Waals surface area contributed by atoms with Gasteiger partial charge in [0.15, 0.2) is 8.32 Å². The number of rotatable bonds is 12. The third kappa shape index (κ3) is 6.51. The number of esters is 1. The molecule has 0 aromatic rings. The smallest absolute Gasteiger partial charge is 0.330 e. The molecule has 0 heterocycles. The summed E-state index contributed by atoms with van der Waals surface area (Å²) in [4.78, 5) is 12.1. The maximum absolute atomic E-state index is 15.7. The topological polar surface area (TPSA) is 35.5 Å². The number of alkyl halides is 2. The van der Waals surface area contributed by atoms with Crippen LogP contribution in [0.25, 0.3) is 0 Å². The van der Waals surface area contributed by atoms with E-state index in [4.69, 9.17) is 9.16 Å². The molecule has 0 aromatic carbocycles. The highest BCUT2D eigenvalue weighted by atomic mass is 28.4. The highest BCUT2D eigenvalue weighted by molar-refractivity contribution is 6.73. The van der Waals surface area contributed by atoms with E-state index in [1.165, 1.54) is 0 Å². The van der Waals surface area contributed by atoms with Crippen molar-refractivity contribution >= 4 is 14.3 Å². The number of halogens is 2. The molecule has 2 aliphatic rings. The van der Waals surface area contributed by atoms with E-state index in [1.54, 1.807) is 19.9 Å². The summed E-state index contributed by atoms with van der Waals surface area (Å²) in [5, 5.41) is 0. The molecule has 0 unspecified atom stereocenters. The van der Waals surface area contributed by atoms with Gasteiger partial charge in [-0.1, -0.05) is 40.2 Å². The number of allylic oxidation sites excluding steroid dienone is 1. The molecule has 0 saturated heterocycles. The predicted molar refractivity (Wildman–Crippen MR) is 139 cm³/mol. The van der Waals surface area contributed by atoms with Crippen LogP contribution < -0.4 is 0 Å². The molecule has 0 bridgehead atoms. The Labute approximate surface area is 208 Å². The summed E-state index contributed by atoms with van der Waals surface area (Å²) >= 11 is 0. The molecule has 0 radical (unpaired) electrons. The van der Waals surface area contributed by atoms with Crippen molar-refractivity contribution in [1.82, 2.24) is 0 Å². The monoisotopic (exact) mass is 500 g/mol. The summed E-state index contributed by atoms with van der Waals surface area (Å²) in [6.07, 6.45) is 6.36. The van der Waals surface area contributed by atoms with Crippen molar-refractivity contribution in [3.05, 3.63) is 11.6 Å². The molecule has 198 valence electrons. The van der Waals surface area contributed by atoms with Gasteiger partial charge in [0.25, 0.3) is 5.92 Å². The van der Waals surface area contributed by atoms with Crippen molar-refractivity contribution in [1.29, 1.82) is 0 Å². The second-order valence-corrected chi connectivity index (χ2v) is 16.4. The zero-order chi connectivity index (χ0) is 25.8. The summed E-state index contributed by atoms with van der Waals surface area (Å²) in [6.45, 7) is 16.6. The number of hydrogen-bond acceptors (Lipinski definition) is 3. The Bertz CT molecular complexity index is 708. The Morgan fingerprint density at radius 3 is 2.32 bits per heavy atom. The minimum Gasteiger partial charge on any atom is -0.463 e. The molecular weight excluding hydrogens is 450 g/mol. The van der Waals surface area contributed by atoms with Gasteiger partial charge in [0.05, 0.1) is 12.2 Å². The van der Waals surface area contributed by atoms with Crippen molar-refractivity contribution in [2.75, 3.05) is 6.61 Å². The Balaban J connectivity index is 2.12. The van der Waals surface area contributed by atoms with Gasteiger partial charge in [-0.15, -0.1) is 0 Å². The second kappa shape index (κ2) is 11.5. The van der Waals surface area contributed by atoms with Crippen molar-refractivity contribution in [3.8, 4) is 0 Å². The predicted octanol–water partition coefficient (Wildman–Crippen LogP) is 8.54. The van der Waals surface area contributed by atoms with Gasteiger partial charge in [0, 0.05) is 18.4 Å². The van der Waals surface area contributed by atoms with Crippen LogP contribution in [-0.4, -0.2) is 32.4 Å². The van der Waals surface area contributed by atoms with Crippen LogP contribution in [0.1, 0.15) is 100 Å². The third-order valence-corrected chi connectivity index (χ3v) is 14.2. The first-order valence-corrected chi connectivity index (χ1v) is 16.3. The quantitative estimate of drug-likeness (QED) is 0.153. The van der Waals surface area contributed by atoms with E-state index in [2.05, 4.69) is 27.7 Å². The normalized spacial score (nSPS) is 28.1. The van der Waals surface area contributed by atoms with E-state index in [-0.39, 0.29) is 29.6 Å². The molecule has 4 atom stereocenters. The van der Waals surface area contributed by atoms with Crippen molar-refractivity contribution in [2.45, 2.75) is 130 Å². The molecular formula is C28H50F2O3Si. The summed E-state index contributed by atoms with van der Waals surface area (Å²) in [7, 11) is -1.85. The molecule has 2 aliphatic carbocycles. The summed E-state index contributed by atoms with van der Waals surface area (Å²) in [5.41, 5.74) is 0.403. The minimum atomic E-state index is -2.74. The van der Waals surface area contributed by atoms with Crippen molar-refractivity contribution in [2.24, 2.45) is 23.2 Å². The maximum atomic E-state index is 15.7. The number of carbonyl (C=O) groups excluding carboxylic acids is 1. The van der Waals surface area contributed by atoms with Crippen LogP contribution in [0, 0.1) is 23.2 Å². The summed E-state index contributed by atoms with van der Waals surface area (Å²) < 4.78 is 43.1. The zero-order valence-electron chi connectivity index (χ0n) is 23.1.